The number of benzene rings is 2. The van der Waals surface area contributed by atoms with Gasteiger partial charge in [0, 0.05) is 9.79 Å². The van der Waals surface area contributed by atoms with Gasteiger partial charge in [-0.15, -0.1) is 0 Å². The summed E-state index contributed by atoms with van der Waals surface area (Å²) in [6.07, 6.45) is -9.64. The third-order valence-electron chi connectivity index (χ3n) is 3.34. The second-order valence-corrected chi connectivity index (χ2v) is 6.57. The molecule has 0 aliphatic carbocycles. The summed E-state index contributed by atoms with van der Waals surface area (Å²) in [6.45, 7) is 0. The molecule has 0 aromatic heterocycles. The summed E-state index contributed by atoms with van der Waals surface area (Å²) in [5, 5.41) is 36.5. The number of alkyl halides is 6. The first-order chi connectivity index (χ1) is 12.3. The molecule has 0 atom stereocenters. The smallest absolute Gasteiger partial charge is 0.423 e. The van der Waals surface area contributed by atoms with Crippen LogP contribution in [0.2, 0.25) is 0 Å². The SMILES string of the molecule is OB(O)c1cc(Sc2cc(B(O)O)cc(C(F)(F)F)c2)cc(C(F)(F)F)c1. The van der Waals surface area contributed by atoms with Gasteiger partial charge in [0.2, 0.25) is 0 Å². The molecule has 27 heavy (non-hydrogen) atoms. The summed E-state index contributed by atoms with van der Waals surface area (Å²) in [5.41, 5.74) is -3.43. The minimum absolute atomic E-state index is 0.217. The summed E-state index contributed by atoms with van der Waals surface area (Å²) in [4.78, 5) is -0.434. The number of hydrogen-bond donors (Lipinski definition) is 4. The topological polar surface area (TPSA) is 80.9 Å². The molecule has 0 aliphatic heterocycles. The minimum atomic E-state index is -4.82. The third-order valence-corrected chi connectivity index (χ3v) is 4.29. The highest BCUT2D eigenvalue weighted by Crippen LogP contribution is 2.36. The average molecular weight is 410 g/mol. The Morgan fingerprint density at radius 1 is 0.593 bits per heavy atom. The summed E-state index contributed by atoms with van der Waals surface area (Å²) in [5.74, 6) is 0. The van der Waals surface area contributed by atoms with Gasteiger partial charge >= 0.3 is 26.6 Å². The van der Waals surface area contributed by atoms with Crippen LogP contribution in [0.5, 0.6) is 0 Å². The molecule has 2 aromatic rings. The largest absolute Gasteiger partial charge is 0.488 e. The van der Waals surface area contributed by atoms with E-state index < -0.39 is 48.6 Å². The lowest BCUT2D eigenvalue weighted by atomic mass is 9.79. The van der Waals surface area contributed by atoms with E-state index in [4.69, 9.17) is 20.1 Å². The molecular formula is C14H10B2F6O4S. The molecule has 0 saturated carbocycles. The molecule has 0 radical (unpaired) electrons. The van der Waals surface area contributed by atoms with Gasteiger partial charge in [-0.25, -0.2) is 0 Å². The molecule has 0 spiro atoms. The molecule has 0 unspecified atom stereocenters. The predicted molar refractivity (Wildman–Crippen MR) is 86.7 cm³/mol. The van der Waals surface area contributed by atoms with E-state index in [1.54, 1.807) is 0 Å². The molecule has 0 aliphatic rings. The second-order valence-electron chi connectivity index (χ2n) is 5.43. The number of hydrogen-bond acceptors (Lipinski definition) is 5. The van der Waals surface area contributed by atoms with Crippen LogP contribution in [0.1, 0.15) is 11.1 Å². The van der Waals surface area contributed by atoms with Crippen LogP contribution in [0.25, 0.3) is 0 Å². The molecule has 0 amide bonds. The first kappa shape index (κ1) is 21.6. The monoisotopic (exact) mass is 410 g/mol. The van der Waals surface area contributed by atoms with E-state index in [1.165, 1.54) is 0 Å². The first-order valence-electron chi connectivity index (χ1n) is 7.12. The normalized spacial score (nSPS) is 12.2. The molecule has 4 N–H and O–H groups in total. The highest BCUT2D eigenvalue weighted by molar-refractivity contribution is 7.99. The first-order valence-corrected chi connectivity index (χ1v) is 7.93. The van der Waals surface area contributed by atoms with Gasteiger partial charge < -0.3 is 20.1 Å². The number of halogens is 6. The number of rotatable bonds is 4. The van der Waals surface area contributed by atoms with Crippen LogP contribution in [0.3, 0.4) is 0 Å². The van der Waals surface area contributed by atoms with E-state index in [2.05, 4.69) is 0 Å². The molecule has 0 bridgehead atoms. The van der Waals surface area contributed by atoms with Crippen molar-refractivity contribution in [1.29, 1.82) is 0 Å². The summed E-state index contributed by atoms with van der Waals surface area (Å²) < 4.78 is 77.7. The highest BCUT2D eigenvalue weighted by atomic mass is 32.2. The lowest BCUT2D eigenvalue weighted by Crippen LogP contribution is -2.31. The van der Waals surface area contributed by atoms with Crippen LogP contribution in [-0.4, -0.2) is 34.3 Å². The lowest BCUT2D eigenvalue weighted by Gasteiger charge is -2.14. The maximum absolute atomic E-state index is 13.0. The molecule has 13 heteroatoms. The zero-order valence-electron chi connectivity index (χ0n) is 13.1. The molecule has 0 saturated heterocycles. The Morgan fingerprint density at radius 2 is 0.926 bits per heavy atom. The van der Waals surface area contributed by atoms with Crippen molar-refractivity contribution >= 4 is 36.9 Å². The van der Waals surface area contributed by atoms with Gasteiger partial charge in [-0.2, -0.15) is 26.3 Å². The van der Waals surface area contributed by atoms with Crippen molar-refractivity contribution in [3.05, 3.63) is 47.5 Å². The quantitative estimate of drug-likeness (QED) is 0.451. The van der Waals surface area contributed by atoms with Gasteiger partial charge in [-0.05, 0) is 35.2 Å². The van der Waals surface area contributed by atoms with Crippen molar-refractivity contribution in [2.24, 2.45) is 0 Å². The van der Waals surface area contributed by atoms with Crippen LogP contribution in [0, 0.1) is 0 Å². The van der Waals surface area contributed by atoms with Gasteiger partial charge in [0.25, 0.3) is 0 Å². The molecular weight excluding hydrogens is 400 g/mol. The Kier molecular flexibility index (Phi) is 6.22. The van der Waals surface area contributed by atoms with E-state index >= 15 is 0 Å². The maximum atomic E-state index is 13.0. The molecule has 0 fully saturated rings. The van der Waals surface area contributed by atoms with Crippen molar-refractivity contribution < 1.29 is 46.4 Å². The fraction of sp³-hybridized carbons (Fsp3) is 0.143. The molecule has 2 aromatic carbocycles. The van der Waals surface area contributed by atoms with Crippen LogP contribution >= 0.6 is 11.8 Å². The second kappa shape index (κ2) is 7.76. The van der Waals surface area contributed by atoms with Gasteiger partial charge in [-0.1, -0.05) is 23.9 Å². The third kappa shape index (κ3) is 5.66. The Labute approximate surface area is 153 Å². The Hall–Kier alpha value is -1.66. The predicted octanol–water partition coefficient (Wildman–Crippen LogP) is 1.23. The average Bonchev–Trinajstić information content (AvgIpc) is 2.52. The Morgan fingerprint density at radius 3 is 1.19 bits per heavy atom. The molecule has 0 heterocycles. The maximum Gasteiger partial charge on any atom is 0.488 e. The molecule has 2 rings (SSSR count). The van der Waals surface area contributed by atoms with Gasteiger partial charge in [0.15, 0.2) is 0 Å². The van der Waals surface area contributed by atoms with Crippen molar-refractivity contribution in [2.45, 2.75) is 22.1 Å². The standard InChI is InChI=1S/C14H10B2F6O4S/c17-13(18,19)7-1-9(15(23)24)5-11(3-7)27-12-4-8(14(20,21)22)2-10(6-12)16(25)26/h1-6,23-26H. The van der Waals surface area contributed by atoms with Crippen molar-refractivity contribution in [1.82, 2.24) is 0 Å². The minimum Gasteiger partial charge on any atom is -0.423 e. The molecule has 4 nitrogen and oxygen atoms in total. The van der Waals surface area contributed by atoms with Crippen molar-refractivity contribution in [3.63, 3.8) is 0 Å². The van der Waals surface area contributed by atoms with Crippen LogP contribution in [0.15, 0.2) is 46.2 Å². The molecule has 144 valence electrons. The van der Waals surface area contributed by atoms with E-state index in [0.29, 0.717) is 36.0 Å². The summed E-state index contributed by atoms with van der Waals surface area (Å²) >= 11 is 0.467. The summed E-state index contributed by atoms with van der Waals surface area (Å²) in [6, 6.07) is 4.21. The fourth-order valence-electron chi connectivity index (χ4n) is 2.12. The van der Waals surface area contributed by atoms with E-state index in [0.717, 1.165) is 12.1 Å². The van der Waals surface area contributed by atoms with E-state index in [-0.39, 0.29) is 9.79 Å². The van der Waals surface area contributed by atoms with Crippen LogP contribution < -0.4 is 10.9 Å². The fourth-order valence-corrected chi connectivity index (χ4v) is 3.16. The van der Waals surface area contributed by atoms with Gasteiger partial charge in [0.1, 0.15) is 0 Å². The van der Waals surface area contributed by atoms with Crippen LogP contribution in [0.4, 0.5) is 26.3 Å². The Bertz CT molecular complexity index is 759. The van der Waals surface area contributed by atoms with Crippen LogP contribution in [-0.2, 0) is 12.4 Å². The Balaban J connectivity index is 2.52. The highest BCUT2D eigenvalue weighted by Gasteiger charge is 2.34. The van der Waals surface area contributed by atoms with Crippen molar-refractivity contribution in [2.75, 3.05) is 0 Å². The summed E-state index contributed by atoms with van der Waals surface area (Å²) in [7, 11) is -4.44. The van der Waals surface area contributed by atoms with E-state index in [1.807, 2.05) is 0 Å². The van der Waals surface area contributed by atoms with E-state index in [9.17, 15) is 26.3 Å². The zero-order chi connectivity index (χ0) is 20.6. The lowest BCUT2D eigenvalue weighted by molar-refractivity contribution is -0.138. The van der Waals surface area contributed by atoms with Crippen molar-refractivity contribution in [3.8, 4) is 0 Å². The van der Waals surface area contributed by atoms with Gasteiger partial charge in [-0.3, -0.25) is 0 Å². The zero-order valence-corrected chi connectivity index (χ0v) is 13.9. The van der Waals surface area contributed by atoms with Gasteiger partial charge in [0.05, 0.1) is 11.1 Å².